The fourth-order valence-electron chi connectivity index (χ4n) is 5.15. The van der Waals surface area contributed by atoms with E-state index in [0.29, 0.717) is 24.5 Å². The molecule has 4 rings (SSSR count). The topological polar surface area (TPSA) is 47.6 Å². The van der Waals surface area contributed by atoms with E-state index >= 15 is 0 Å². The number of hydrogen-bond acceptors (Lipinski definition) is 3. The van der Waals surface area contributed by atoms with E-state index < -0.39 is 33.0 Å². The third-order valence-corrected chi connectivity index (χ3v) is 9.24. The van der Waals surface area contributed by atoms with Crippen LogP contribution >= 0.6 is 0 Å². The quantitative estimate of drug-likeness (QED) is 0.452. The van der Waals surface area contributed by atoms with Gasteiger partial charge >= 0.3 is 6.18 Å². The van der Waals surface area contributed by atoms with Gasteiger partial charge in [0.25, 0.3) is 0 Å². The predicted molar refractivity (Wildman–Crippen MR) is 138 cm³/mol. The highest BCUT2D eigenvalue weighted by Crippen LogP contribution is 2.45. The molecule has 1 aliphatic heterocycles. The molecule has 2 fully saturated rings. The minimum atomic E-state index is -4.55. The number of fused-ring (bicyclic) bond motifs is 1. The summed E-state index contributed by atoms with van der Waals surface area (Å²) in [5, 5.41) is 0.581. The van der Waals surface area contributed by atoms with Gasteiger partial charge in [-0.15, -0.1) is 0 Å². The Bertz CT molecular complexity index is 1120. The lowest BCUT2D eigenvalue weighted by Crippen LogP contribution is -2.59. The van der Waals surface area contributed by atoms with Crippen molar-refractivity contribution in [1.82, 2.24) is 4.72 Å². The maximum absolute atomic E-state index is 14.3. The summed E-state index contributed by atoms with van der Waals surface area (Å²) in [5.74, 6) is 0.453. The molecule has 2 aliphatic rings. The number of ether oxygens (including phenoxy) is 2. The minimum Gasteiger partial charge on any atom is -0.490 e. The van der Waals surface area contributed by atoms with Crippen LogP contribution in [0, 0.1) is 11.3 Å². The largest absolute Gasteiger partial charge is 0.490 e. The van der Waals surface area contributed by atoms with Crippen molar-refractivity contribution in [2.75, 3.05) is 13.2 Å². The number of nitrogens with one attached hydrogen (secondary N) is 1. The Balaban J connectivity index is 1.63. The van der Waals surface area contributed by atoms with Gasteiger partial charge in [0.2, 0.25) is 0 Å². The van der Waals surface area contributed by atoms with Crippen LogP contribution in [0.5, 0.6) is 5.75 Å². The molecule has 1 atom stereocenters. The maximum atomic E-state index is 14.3. The number of alkyl halides is 3. The van der Waals surface area contributed by atoms with Crippen LogP contribution in [0.3, 0.4) is 0 Å². The molecule has 0 amide bonds. The first kappa shape index (κ1) is 27.4. The lowest BCUT2D eigenvalue weighted by Gasteiger charge is -2.43. The van der Waals surface area contributed by atoms with Gasteiger partial charge in [-0.3, -0.25) is 0 Å². The average Bonchev–Trinajstić information content (AvgIpc) is 2.73. The standard InChI is InChI=1S/C28H38F3NO3S/c1-25(2,3)19-8-11-21(12-9-19)35-23-14-7-18-15-20(10-13-22(18)24(23)28(29,30)31)27(16-34-17-27)32-36(33)26(4,5)6/h7,10,13-15,19,21,32H,8-9,11-12,16-17H2,1-6H3/t19?,21?,36-/m1/s1. The van der Waals surface area contributed by atoms with Gasteiger partial charge in [-0.05, 0) is 86.3 Å². The van der Waals surface area contributed by atoms with E-state index in [4.69, 9.17) is 9.47 Å². The Morgan fingerprint density at radius 1 is 0.972 bits per heavy atom. The normalized spacial score (nSPS) is 23.8. The number of rotatable bonds is 5. The summed E-state index contributed by atoms with van der Waals surface area (Å²) >= 11 is 0. The van der Waals surface area contributed by atoms with Crippen LogP contribution in [0.4, 0.5) is 13.2 Å². The van der Waals surface area contributed by atoms with Crippen LogP contribution in [0.1, 0.15) is 78.4 Å². The molecular weight excluding hydrogens is 487 g/mol. The second-order valence-corrected chi connectivity index (χ2v) is 14.4. The van der Waals surface area contributed by atoms with Gasteiger partial charge in [-0.1, -0.05) is 39.0 Å². The summed E-state index contributed by atoms with van der Waals surface area (Å²) in [6.45, 7) is 12.9. The average molecular weight is 526 g/mol. The van der Waals surface area contributed by atoms with Crippen molar-refractivity contribution >= 4 is 21.8 Å². The van der Waals surface area contributed by atoms with Gasteiger partial charge in [0.05, 0.1) is 35.1 Å². The van der Waals surface area contributed by atoms with E-state index in [-0.39, 0.29) is 22.7 Å². The van der Waals surface area contributed by atoms with Crippen LogP contribution in [0.2, 0.25) is 0 Å². The van der Waals surface area contributed by atoms with Crippen molar-refractivity contribution in [3.8, 4) is 5.75 Å². The van der Waals surface area contributed by atoms with Gasteiger partial charge in [0.15, 0.2) is 0 Å². The molecular formula is C28H38F3NO3S. The first-order valence-corrected chi connectivity index (χ1v) is 13.8. The second-order valence-electron chi connectivity index (χ2n) is 12.4. The fourth-order valence-corrected chi connectivity index (χ4v) is 6.04. The molecule has 0 aromatic heterocycles. The Morgan fingerprint density at radius 3 is 2.11 bits per heavy atom. The molecule has 200 valence electrons. The van der Waals surface area contributed by atoms with E-state index in [1.807, 2.05) is 20.8 Å². The van der Waals surface area contributed by atoms with Gasteiger partial charge in [-0.2, -0.15) is 13.2 Å². The van der Waals surface area contributed by atoms with Crippen LogP contribution in [-0.4, -0.2) is 28.3 Å². The monoisotopic (exact) mass is 525 g/mol. The molecule has 1 N–H and O–H groups in total. The van der Waals surface area contributed by atoms with E-state index in [1.54, 1.807) is 18.2 Å². The van der Waals surface area contributed by atoms with Crippen molar-refractivity contribution in [3.63, 3.8) is 0 Å². The van der Waals surface area contributed by atoms with E-state index in [0.717, 1.165) is 31.2 Å². The summed E-state index contributed by atoms with van der Waals surface area (Å²) in [6.07, 6.45) is -1.33. The van der Waals surface area contributed by atoms with Crippen molar-refractivity contribution in [2.24, 2.45) is 11.3 Å². The van der Waals surface area contributed by atoms with Crippen molar-refractivity contribution in [3.05, 3.63) is 41.5 Å². The fraction of sp³-hybridized carbons (Fsp3) is 0.643. The van der Waals surface area contributed by atoms with Gasteiger partial charge in [-0.25, -0.2) is 8.93 Å². The van der Waals surface area contributed by atoms with Crippen LogP contribution < -0.4 is 9.46 Å². The third kappa shape index (κ3) is 5.60. The summed E-state index contributed by atoms with van der Waals surface area (Å²) in [6, 6.07) is 8.09. The van der Waals surface area contributed by atoms with Crippen molar-refractivity contribution in [2.45, 2.75) is 89.8 Å². The lowest BCUT2D eigenvalue weighted by atomic mass is 9.72. The van der Waals surface area contributed by atoms with E-state index in [9.17, 15) is 17.4 Å². The zero-order valence-corrected chi connectivity index (χ0v) is 22.9. The van der Waals surface area contributed by atoms with Crippen LogP contribution in [0.25, 0.3) is 10.8 Å². The summed E-state index contributed by atoms with van der Waals surface area (Å²) in [4.78, 5) is 0. The predicted octanol–water partition coefficient (Wildman–Crippen LogP) is 7.12. The SMILES string of the molecule is CC(C)(C)C1CCC(Oc2ccc3cc(C4(N[S@](=O)C(C)(C)C)COC4)ccc3c2C(F)(F)F)CC1. The highest BCUT2D eigenvalue weighted by Gasteiger charge is 2.44. The molecule has 2 aromatic carbocycles. The van der Waals surface area contributed by atoms with Crippen molar-refractivity contribution < 1.29 is 26.9 Å². The molecule has 0 bridgehead atoms. The second kappa shape index (κ2) is 9.59. The zero-order chi connectivity index (χ0) is 26.5. The summed E-state index contributed by atoms with van der Waals surface area (Å²) in [7, 11) is -1.35. The molecule has 1 saturated heterocycles. The molecule has 0 unspecified atom stereocenters. The highest BCUT2D eigenvalue weighted by atomic mass is 32.2. The van der Waals surface area contributed by atoms with Gasteiger partial charge in [0, 0.05) is 0 Å². The molecule has 4 nitrogen and oxygen atoms in total. The lowest BCUT2D eigenvalue weighted by molar-refractivity contribution is -0.138. The summed E-state index contributed by atoms with van der Waals surface area (Å²) in [5.41, 5.74) is -0.457. The molecule has 1 aliphatic carbocycles. The van der Waals surface area contributed by atoms with Crippen LogP contribution in [0.15, 0.2) is 30.3 Å². The molecule has 36 heavy (non-hydrogen) atoms. The third-order valence-electron chi connectivity index (χ3n) is 7.55. The number of hydrogen-bond donors (Lipinski definition) is 1. The van der Waals surface area contributed by atoms with E-state index in [2.05, 4.69) is 25.5 Å². The molecule has 0 spiro atoms. The Labute approximate surface area is 214 Å². The molecule has 1 saturated carbocycles. The molecule has 8 heteroatoms. The molecule has 2 aromatic rings. The Morgan fingerprint density at radius 2 is 1.61 bits per heavy atom. The Hall–Kier alpha value is -1.64. The van der Waals surface area contributed by atoms with Crippen molar-refractivity contribution in [1.29, 1.82) is 0 Å². The first-order valence-electron chi connectivity index (χ1n) is 12.7. The van der Waals surface area contributed by atoms with Crippen LogP contribution in [-0.2, 0) is 27.4 Å². The Kier molecular flexibility index (Phi) is 7.30. The maximum Gasteiger partial charge on any atom is 0.420 e. The minimum absolute atomic E-state index is 0.101. The smallest absolute Gasteiger partial charge is 0.420 e. The van der Waals surface area contributed by atoms with Gasteiger partial charge < -0.3 is 9.47 Å². The number of halogens is 3. The molecule has 0 radical (unpaired) electrons. The van der Waals surface area contributed by atoms with Gasteiger partial charge in [0.1, 0.15) is 16.9 Å². The summed E-state index contributed by atoms with van der Waals surface area (Å²) < 4.78 is 69.9. The number of benzene rings is 2. The first-order chi connectivity index (χ1) is 16.6. The zero-order valence-electron chi connectivity index (χ0n) is 22.1. The highest BCUT2D eigenvalue weighted by molar-refractivity contribution is 7.84. The van der Waals surface area contributed by atoms with E-state index in [1.165, 1.54) is 12.1 Å². The molecule has 1 heterocycles.